The Morgan fingerprint density at radius 3 is 2.67 bits per heavy atom. The molecule has 2 N–H and O–H groups in total. The van der Waals surface area contributed by atoms with Crippen LogP contribution in [0.25, 0.3) is 5.82 Å². The molecule has 0 amide bonds. The number of aryl methyl sites for hydroxylation is 2. The fourth-order valence-corrected chi connectivity index (χ4v) is 2.61. The van der Waals surface area contributed by atoms with Crippen LogP contribution in [0.3, 0.4) is 0 Å². The summed E-state index contributed by atoms with van der Waals surface area (Å²) >= 11 is 0. The Labute approximate surface area is 162 Å². The van der Waals surface area contributed by atoms with Crippen LogP contribution in [-0.2, 0) is 11.3 Å². The number of aliphatic imine (C=N–C) groups is 1. The van der Waals surface area contributed by atoms with Crippen LogP contribution in [0.4, 0.5) is 0 Å². The molecular weight excluding hydrogens is 340 g/mol. The Balaban J connectivity index is 1.75. The molecule has 0 radical (unpaired) electrons. The normalized spacial score (nSPS) is 11.9. The zero-order valence-electron chi connectivity index (χ0n) is 17.1. The van der Waals surface area contributed by atoms with E-state index >= 15 is 0 Å². The molecule has 0 aliphatic rings. The van der Waals surface area contributed by atoms with Crippen molar-refractivity contribution in [2.45, 2.75) is 40.7 Å². The Bertz CT molecular complexity index is 721. The highest BCUT2D eigenvalue weighted by atomic mass is 16.5. The largest absolute Gasteiger partial charge is 0.381 e. The Morgan fingerprint density at radius 1 is 1.26 bits per heavy atom. The zero-order valence-corrected chi connectivity index (χ0v) is 17.1. The van der Waals surface area contributed by atoms with Crippen molar-refractivity contribution in [2.24, 2.45) is 10.9 Å². The van der Waals surface area contributed by atoms with Crippen molar-refractivity contribution >= 4 is 5.96 Å². The average Bonchev–Trinajstić information content (AvgIpc) is 2.99. The molecule has 0 spiro atoms. The molecule has 0 saturated carbocycles. The molecule has 0 aliphatic heterocycles. The molecule has 2 rings (SSSR count). The number of hydrogen-bond acceptors (Lipinski definition) is 4. The standard InChI is InChI=1S/C20H32N6O/c1-15(2)14-27-10-6-9-22-20(21-5)24-13-18-7-8-19(23-12-18)26-17(4)11-16(3)25-26/h7-8,11-12,15H,6,9-10,13-14H2,1-5H3,(H2,21,22,24). The van der Waals surface area contributed by atoms with Crippen LogP contribution >= 0.6 is 0 Å². The summed E-state index contributed by atoms with van der Waals surface area (Å²) in [6.07, 6.45) is 2.82. The SMILES string of the molecule is CN=C(NCCCOCC(C)C)NCc1ccc(-n2nc(C)cc2C)nc1. The second-order valence-corrected chi connectivity index (χ2v) is 7.04. The van der Waals surface area contributed by atoms with Gasteiger partial charge in [0.25, 0.3) is 0 Å². The lowest BCUT2D eigenvalue weighted by Crippen LogP contribution is -2.37. The van der Waals surface area contributed by atoms with Crippen molar-refractivity contribution in [3.8, 4) is 5.82 Å². The molecule has 2 aromatic rings. The molecule has 2 heterocycles. The van der Waals surface area contributed by atoms with E-state index in [0.717, 1.165) is 54.9 Å². The smallest absolute Gasteiger partial charge is 0.191 e. The summed E-state index contributed by atoms with van der Waals surface area (Å²) in [5, 5.41) is 11.1. The van der Waals surface area contributed by atoms with Crippen LogP contribution in [0.5, 0.6) is 0 Å². The minimum Gasteiger partial charge on any atom is -0.381 e. The van der Waals surface area contributed by atoms with Gasteiger partial charge in [-0.15, -0.1) is 0 Å². The van der Waals surface area contributed by atoms with Crippen molar-refractivity contribution in [3.63, 3.8) is 0 Å². The van der Waals surface area contributed by atoms with E-state index in [1.807, 2.05) is 36.9 Å². The highest BCUT2D eigenvalue weighted by Crippen LogP contribution is 2.10. The van der Waals surface area contributed by atoms with Gasteiger partial charge in [-0.3, -0.25) is 4.99 Å². The molecule has 148 valence electrons. The molecule has 0 atom stereocenters. The van der Waals surface area contributed by atoms with Crippen molar-refractivity contribution in [1.82, 2.24) is 25.4 Å². The molecule has 7 heteroatoms. The van der Waals surface area contributed by atoms with E-state index in [0.29, 0.717) is 12.5 Å². The minimum absolute atomic E-state index is 0.577. The fourth-order valence-electron chi connectivity index (χ4n) is 2.61. The van der Waals surface area contributed by atoms with Gasteiger partial charge in [0.15, 0.2) is 11.8 Å². The quantitative estimate of drug-likeness (QED) is 0.402. The van der Waals surface area contributed by atoms with Gasteiger partial charge in [0, 0.05) is 45.2 Å². The second kappa shape index (κ2) is 10.7. The highest BCUT2D eigenvalue weighted by molar-refractivity contribution is 5.79. The molecule has 0 fully saturated rings. The lowest BCUT2D eigenvalue weighted by Gasteiger charge is -2.12. The van der Waals surface area contributed by atoms with Crippen LogP contribution in [0, 0.1) is 19.8 Å². The summed E-state index contributed by atoms with van der Waals surface area (Å²) in [5.41, 5.74) is 3.15. The number of pyridine rings is 1. The summed E-state index contributed by atoms with van der Waals surface area (Å²) in [7, 11) is 1.77. The number of guanidine groups is 1. The predicted molar refractivity (Wildman–Crippen MR) is 109 cm³/mol. The summed E-state index contributed by atoms with van der Waals surface area (Å²) < 4.78 is 7.44. The van der Waals surface area contributed by atoms with E-state index in [4.69, 9.17) is 4.74 Å². The minimum atomic E-state index is 0.577. The first-order chi connectivity index (χ1) is 13.0. The first-order valence-corrected chi connectivity index (χ1v) is 9.50. The molecule has 0 unspecified atom stereocenters. The van der Waals surface area contributed by atoms with Gasteiger partial charge in [0.2, 0.25) is 0 Å². The van der Waals surface area contributed by atoms with Crippen LogP contribution in [0.1, 0.15) is 37.2 Å². The third-order valence-corrected chi connectivity index (χ3v) is 3.93. The fraction of sp³-hybridized carbons (Fsp3) is 0.550. The van der Waals surface area contributed by atoms with Gasteiger partial charge in [-0.2, -0.15) is 5.10 Å². The van der Waals surface area contributed by atoms with Gasteiger partial charge in [0.05, 0.1) is 5.69 Å². The van der Waals surface area contributed by atoms with E-state index in [1.54, 1.807) is 7.05 Å². The van der Waals surface area contributed by atoms with Gasteiger partial charge in [-0.05, 0) is 43.9 Å². The van der Waals surface area contributed by atoms with E-state index in [2.05, 4.69) is 45.6 Å². The summed E-state index contributed by atoms with van der Waals surface area (Å²) in [4.78, 5) is 8.77. The third kappa shape index (κ3) is 7.02. The Morgan fingerprint density at radius 2 is 2.07 bits per heavy atom. The van der Waals surface area contributed by atoms with Gasteiger partial charge < -0.3 is 15.4 Å². The Hall–Kier alpha value is -2.41. The van der Waals surface area contributed by atoms with E-state index in [1.165, 1.54) is 0 Å². The van der Waals surface area contributed by atoms with Gasteiger partial charge in [-0.25, -0.2) is 9.67 Å². The summed E-state index contributed by atoms with van der Waals surface area (Å²) in [6, 6.07) is 6.08. The lowest BCUT2D eigenvalue weighted by atomic mass is 10.2. The molecule has 0 aliphatic carbocycles. The molecule has 27 heavy (non-hydrogen) atoms. The maximum absolute atomic E-state index is 5.58. The summed E-state index contributed by atoms with van der Waals surface area (Å²) in [5.74, 6) is 2.18. The highest BCUT2D eigenvalue weighted by Gasteiger charge is 2.05. The molecule has 0 bridgehead atoms. The molecule has 0 saturated heterocycles. The molecule has 0 aromatic carbocycles. The monoisotopic (exact) mass is 372 g/mol. The van der Waals surface area contributed by atoms with Crippen LogP contribution < -0.4 is 10.6 Å². The second-order valence-electron chi connectivity index (χ2n) is 7.04. The van der Waals surface area contributed by atoms with Crippen molar-refractivity contribution < 1.29 is 4.74 Å². The number of nitrogens with zero attached hydrogens (tertiary/aromatic N) is 4. The number of rotatable bonds is 9. The molecule has 2 aromatic heterocycles. The predicted octanol–water partition coefficient (Wildman–Crippen LogP) is 2.61. The number of hydrogen-bond donors (Lipinski definition) is 2. The Kier molecular flexibility index (Phi) is 8.26. The number of ether oxygens (including phenoxy) is 1. The maximum Gasteiger partial charge on any atom is 0.191 e. The first kappa shape index (κ1) is 20.9. The van der Waals surface area contributed by atoms with Crippen LogP contribution in [0.2, 0.25) is 0 Å². The summed E-state index contributed by atoms with van der Waals surface area (Å²) in [6.45, 7) is 11.4. The van der Waals surface area contributed by atoms with Crippen molar-refractivity contribution in [3.05, 3.63) is 41.3 Å². The average molecular weight is 373 g/mol. The van der Waals surface area contributed by atoms with E-state index in [9.17, 15) is 0 Å². The number of aromatic nitrogens is 3. The van der Waals surface area contributed by atoms with Crippen LogP contribution in [-0.4, -0.2) is 47.5 Å². The van der Waals surface area contributed by atoms with Gasteiger partial charge >= 0.3 is 0 Å². The lowest BCUT2D eigenvalue weighted by molar-refractivity contribution is 0.108. The molecule has 7 nitrogen and oxygen atoms in total. The van der Waals surface area contributed by atoms with Gasteiger partial charge in [0.1, 0.15) is 0 Å². The third-order valence-electron chi connectivity index (χ3n) is 3.93. The van der Waals surface area contributed by atoms with Crippen molar-refractivity contribution in [1.29, 1.82) is 0 Å². The van der Waals surface area contributed by atoms with Gasteiger partial charge in [-0.1, -0.05) is 19.9 Å². The maximum atomic E-state index is 5.58. The zero-order chi connectivity index (χ0) is 19.6. The number of nitrogens with one attached hydrogen (secondary N) is 2. The van der Waals surface area contributed by atoms with Crippen molar-refractivity contribution in [2.75, 3.05) is 26.8 Å². The van der Waals surface area contributed by atoms with E-state index < -0.39 is 0 Å². The first-order valence-electron chi connectivity index (χ1n) is 9.50. The topological polar surface area (TPSA) is 76.4 Å². The van der Waals surface area contributed by atoms with E-state index in [-0.39, 0.29) is 0 Å². The molecular formula is C20H32N6O. The van der Waals surface area contributed by atoms with Crippen LogP contribution in [0.15, 0.2) is 29.4 Å².